The zero-order chi connectivity index (χ0) is 32.0. The molecular formula is C39H27N3O5. The Morgan fingerprint density at radius 3 is 1.62 bits per heavy atom. The van der Waals surface area contributed by atoms with Crippen molar-refractivity contribution in [1.29, 1.82) is 0 Å². The van der Waals surface area contributed by atoms with Crippen molar-refractivity contribution >= 4 is 56.9 Å². The van der Waals surface area contributed by atoms with Gasteiger partial charge in [0, 0.05) is 38.6 Å². The lowest BCUT2D eigenvalue weighted by Crippen LogP contribution is -2.43. The molecule has 6 aromatic rings. The highest BCUT2D eigenvalue weighted by molar-refractivity contribution is 6.42. The summed E-state index contributed by atoms with van der Waals surface area (Å²) >= 11 is 0. The average Bonchev–Trinajstić information content (AvgIpc) is 3.78. The van der Waals surface area contributed by atoms with Crippen LogP contribution in [0.2, 0.25) is 0 Å². The lowest BCUT2D eigenvalue weighted by molar-refractivity contribution is 0.0873. The molecule has 3 aliphatic rings. The number of aryl methyl sites for hydroxylation is 1. The molecule has 2 aliphatic heterocycles. The fraction of sp³-hybridized carbons (Fsp3) is 0.154. The molecule has 1 fully saturated rings. The maximum absolute atomic E-state index is 13.9. The van der Waals surface area contributed by atoms with E-state index in [-0.39, 0.29) is 22.3 Å². The molecule has 3 heterocycles. The molecule has 1 aromatic heterocycles. The Balaban J connectivity index is 1.06. The van der Waals surface area contributed by atoms with E-state index in [0.29, 0.717) is 45.1 Å². The summed E-state index contributed by atoms with van der Waals surface area (Å²) in [4.78, 5) is 62.5. The second-order valence-electron chi connectivity index (χ2n) is 12.6. The summed E-state index contributed by atoms with van der Waals surface area (Å²) in [5.41, 5.74) is 6.38. The Bertz CT molecular complexity index is 2280. The van der Waals surface area contributed by atoms with Crippen LogP contribution in [-0.4, -0.2) is 28.6 Å². The number of hydrogen-bond acceptors (Lipinski definition) is 6. The highest BCUT2D eigenvalue weighted by atomic mass is 16.3. The van der Waals surface area contributed by atoms with Crippen molar-refractivity contribution in [2.75, 3.05) is 9.80 Å². The summed E-state index contributed by atoms with van der Waals surface area (Å²) in [6.07, 6.45) is 4.74. The van der Waals surface area contributed by atoms with E-state index in [1.165, 1.54) is 23.3 Å². The number of benzene rings is 5. The summed E-state index contributed by atoms with van der Waals surface area (Å²) in [5.74, 6) is -1.06. The number of imide groups is 2. The van der Waals surface area contributed by atoms with Gasteiger partial charge in [0.15, 0.2) is 5.58 Å². The van der Waals surface area contributed by atoms with Crippen molar-refractivity contribution in [2.45, 2.75) is 38.5 Å². The molecule has 9 rings (SSSR count). The predicted octanol–water partition coefficient (Wildman–Crippen LogP) is 8.22. The summed E-state index contributed by atoms with van der Waals surface area (Å²) in [6.45, 7) is 1.99. The maximum atomic E-state index is 13.9. The van der Waals surface area contributed by atoms with Crippen molar-refractivity contribution in [3.05, 3.63) is 124 Å². The Labute approximate surface area is 269 Å². The third kappa shape index (κ3) is 4.04. The van der Waals surface area contributed by atoms with Crippen molar-refractivity contribution in [1.82, 2.24) is 4.98 Å². The first kappa shape index (κ1) is 27.4. The largest absolute Gasteiger partial charge is 0.436 e. The van der Waals surface area contributed by atoms with Gasteiger partial charge in [0.2, 0.25) is 5.89 Å². The van der Waals surface area contributed by atoms with E-state index in [2.05, 4.69) is 4.98 Å². The minimum absolute atomic E-state index is 0.258. The van der Waals surface area contributed by atoms with Crippen LogP contribution in [0.15, 0.2) is 95.4 Å². The van der Waals surface area contributed by atoms with E-state index in [1.807, 2.05) is 49.4 Å². The summed E-state index contributed by atoms with van der Waals surface area (Å²) in [6, 6.07) is 26.7. The zero-order valence-corrected chi connectivity index (χ0v) is 25.4. The molecule has 0 spiro atoms. The van der Waals surface area contributed by atoms with Crippen LogP contribution in [0.3, 0.4) is 0 Å². The van der Waals surface area contributed by atoms with Crippen LogP contribution in [0.25, 0.3) is 33.3 Å². The van der Waals surface area contributed by atoms with Gasteiger partial charge in [-0.1, -0.05) is 31.0 Å². The lowest BCUT2D eigenvalue weighted by atomic mass is 9.85. The van der Waals surface area contributed by atoms with E-state index in [1.54, 1.807) is 48.5 Å². The first-order valence-electron chi connectivity index (χ1n) is 15.8. The summed E-state index contributed by atoms with van der Waals surface area (Å²) < 4.78 is 5.92. The standard InChI is InChI=1S/C39H27N3O5/c1-21-6-19-32-31(20-21)40-35(47-32)24-9-13-26(14-10-24)42-38(45)29-17-15-27-33-28(16-18-30(34(29)33)39(42)46)37(44)41(36(27)43)25-11-7-23(8-12-25)22-4-2-3-5-22/h6-20,22H,2-5H2,1H3. The van der Waals surface area contributed by atoms with Gasteiger partial charge in [-0.25, -0.2) is 14.8 Å². The van der Waals surface area contributed by atoms with E-state index >= 15 is 0 Å². The molecule has 5 aromatic carbocycles. The maximum Gasteiger partial charge on any atom is 0.265 e. The van der Waals surface area contributed by atoms with Gasteiger partial charge >= 0.3 is 0 Å². The number of anilines is 2. The molecule has 228 valence electrons. The van der Waals surface area contributed by atoms with Crippen LogP contribution >= 0.6 is 0 Å². The molecule has 0 bridgehead atoms. The molecule has 4 amide bonds. The predicted molar refractivity (Wildman–Crippen MR) is 178 cm³/mol. The van der Waals surface area contributed by atoms with Crippen LogP contribution in [0, 0.1) is 6.92 Å². The number of amides is 4. The molecule has 0 unspecified atom stereocenters. The molecule has 8 heteroatoms. The number of carbonyl (C=O) groups is 4. The Kier molecular flexibility index (Phi) is 5.87. The average molecular weight is 618 g/mol. The third-order valence-corrected chi connectivity index (χ3v) is 9.79. The second-order valence-corrected chi connectivity index (χ2v) is 12.6. The van der Waals surface area contributed by atoms with Crippen molar-refractivity contribution in [3.8, 4) is 11.5 Å². The van der Waals surface area contributed by atoms with Crippen LogP contribution < -0.4 is 9.80 Å². The highest BCUT2D eigenvalue weighted by Gasteiger charge is 2.40. The van der Waals surface area contributed by atoms with E-state index in [0.717, 1.165) is 28.8 Å². The quantitative estimate of drug-likeness (QED) is 0.185. The van der Waals surface area contributed by atoms with Crippen molar-refractivity contribution in [3.63, 3.8) is 0 Å². The van der Waals surface area contributed by atoms with Gasteiger partial charge in [0.1, 0.15) is 5.52 Å². The Morgan fingerprint density at radius 2 is 1.11 bits per heavy atom. The normalized spacial score (nSPS) is 16.3. The van der Waals surface area contributed by atoms with Gasteiger partial charge in [0.05, 0.1) is 11.4 Å². The van der Waals surface area contributed by atoms with Gasteiger partial charge < -0.3 is 4.42 Å². The minimum atomic E-state index is -0.527. The first-order valence-corrected chi connectivity index (χ1v) is 15.8. The molecule has 47 heavy (non-hydrogen) atoms. The monoisotopic (exact) mass is 617 g/mol. The van der Waals surface area contributed by atoms with Crippen LogP contribution in [0.1, 0.15) is 84.2 Å². The van der Waals surface area contributed by atoms with Gasteiger partial charge in [0.25, 0.3) is 23.6 Å². The van der Waals surface area contributed by atoms with E-state index in [4.69, 9.17) is 4.42 Å². The summed E-state index contributed by atoms with van der Waals surface area (Å²) in [7, 11) is 0. The Morgan fingerprint density at radius 1 is 0.617 bits per heavy atom. The van der Waals surface area contributed by atoms with Gasteiger partial charge in [-0.3, -0.25) is 19.2 Å². The number of hydrogen-bond donors (Lipinski definition) is 0. The first-order chi connectivity index (χ1) is 22.9. The summed E-state index contributed by atoms with van der Waals surface area (Å²) in [5, 5.41) is 0.680. The minimum Gasteiger partial charge on any atom is -0.436 e. The topological polar surface area (TPSA) is 101 Å². The number of nitrogens with zero attached hydrogens (tertiary/aromatic N) is 3. The fourth-order valence-electron chi connectivity index (χ4n) is 7.41. The highest BCUT2D eigenvalue weighted by Crippen LogP contribution is 2.41. The fourth-order valence-corrected chi connectivity index (χ4v) is 7.41. The third-order valence-electron chi connectivity index (χ3n) is 9.79. The number of rotatable bonds is 4. The number of oxazole rings is 1. The van der Waals surface area contributed by atoms with E-state index < -0.39 is 23.6 Å². The van der Waals surface area contributed by atoms with Crippen molar-refractivity contribution in [2.24, 2.45) is 0 Å². The van der Waals surface area contributed by atoms with Crippen LogP contribution in [-0.2, 0) is 0 Å². The van der Waals surface area contributed by atoms with Crippen LogP contribution in [0.4, 0.5) is 11.4 Å². The van der Waals surface area contributed by atoms with E-state index in [9.17, 15) is 19.2 Å². The van der Waals surface area contributed by atoms with Gasteiger partial charge in [-0.15, -0.1) is 0 Å². The molecule has 0 N–H and O–H groups in total. The smallest absolute Gasteiger partial charge is 0.265 e. The van der Waals surface area contributed by atoms with Crippen molar-refractivity contribution < 1.29 is 23.6 Å². The SMILES string of the molecule is Cc1ccc2oc(-c3ccc(N4C(=O)c5ccc6c7c(ccc(c57)C4=O)C(=O)N(c4ccc(C5CCCC5)cc4)C6=O)cc3)nc2c1. The number of aromatic nitrogens is 1. The molecular weight excluding hydrogens is 590 g/mol. The van der Waals surface area contributed by atoms with Gasteiger partial charge in [-0.05, 0) is 110 Å². The number of fused-ring (bicyclic) bond motifs is 1. The number of carbonyl (C=O) groups excluding carboxylic acids is 4. The molecule has 0 atom stereocenters. The molecule has 1 aliphatic carbocycles. The second kappa shape index (κ2) is 10.1. The zero-order valence-electron chi connectivity index (χ0n) is 25.4. The lowest BCUT2D eigenvalue weighted by Gasteiger charge is -2.32. The molecule has 0 saturated heterocycles. The molecule has 8 nitrogen and oxygen atoms in total. The molecule has 0 radical (unpaired) electrons. The van der Waals surface area contributed by atoms with Gasteiger partial charge in [-0.2, -0.15) is 0 Å². The molecule has 1 saturated carbocycles. The van der Waals surface area contributed by atoms with Crippen LogP contribution in [0.5, 0.6) is 0 Å². The Hall–Kier alpha value is -5.89.